The summed E-state index contributed by atoms with van der Waals surface area (Å²) in [6, 6.07) is 16.0. The molecule has 1 saturated heterocycles. The van der Waals surface area contributed by atoms with E-state index in [9.17, 15) is 5.11 Å². The Morgan fingerprint density at radius 2 is 1.90 bits per heavy atom. The van der Waals surface area contributed by atoms with Gasteiger partial charge in [-0.25, -0.2) is 9.13 Å². The number of quaternary nitrogens is 1. The van der Waals surface area contributed by atoms with Crippen LogP contribution in [-0.4, -0.2) is 55.2 Å². The highest BCUT2D eigenvalue weighted by Crippen LogP contribution is 2.18. The number of nitrogens with zero attached hydrogens (tertiary/aromatic N) is 2. The number of nitrogen functional groups attached to an aromatic ring is 1. The fourth-order valence-electron chi connectivity index (χ4n) is 4.09. The van der Waals surface area contributed by atoms with Gasteiger partial charge in [-0.05, 0) is 30.7 Å². The molecule has 0 saturated carbocycles. The Balaban J connectivity index is 1.47. The molecule has 0 spiro atoms. The molecule has 30 heavy (non-hydrogen) atoms. The lowest BCUT2D eigenvalue weighted by atomic mass is 10.2. The van der Waals surface area contributed by atoms with Gasteiger partial charge in [0.2, 0.25) is 0 Å². The molecule has 0 radical (unpaired) electrons. The highest BCUT2D eigenvalue weighted by molar-refractivity contribution is 5.73. The first-order chi connectivity index (χ1) is 14.6. The van der Waals surface area contributed by atoms with Crippen LogP contribution in [0, 0.1) is 6.92 Å². The van der Waals surface area contributed by atoms with Gasteiger partial charge >= 0.3 is 5.95 Å². The minimum Gasteiger partial charge on any atom is -0.490 e. The molecule has 2 aromatic carbocycles. The first kappa shape index (κ1) is 20.7. The van der Waals surface area contributed by atoms with E-state index in [0.29, 0.717) is 12.5 Å². The monoisotopic (exact) mass is 412 g/mol. The number of imidazole rings is 1. The number of anilines is 1. The predicted molar refractivity (Wildman–Crippen MR) is 116 cm³/mol. The van der Waals surface area contributed by atoms with Crippen molar-refractivity contribution in [3.63, 3.8) is 0 Å². The van der Waals surface area contributed by atoms with Crippen LogP contribution in [0.25, 0.3) is 11.0 Å². The van der Waals surface area contributed by atoms with E-state index < -0.39 is 6.10 Å². The van der Waals surface area contributed by atoms with E-state index in [1.54, 1.807) is 0 Å². The van der Waals surface area contributed by atoms with Gasteiger partial charge in [0.05, 0.1) is 13.2 Å². The van der Waals surface area contributed by atoms with Crippen LogP contribution >= 0.6 is 0 Å². The molecule has 1 aliphatic rings. The summed E-state index contributed by atoms with van der Waals surface area (Å²) in [6.45, 7) is 8.16. The van der Waals surface area contributed by atoms with E-state index in [2.05, 4.69) is 16.7 Å². The van der Waals surface area contributed by atoms with Crippen LogP contribution in [0.3, 0.4) is 0 Å². The van der Waals surface area contributed by atoms with E-state index in [-0.39, 0.29) is 6.61 Å². The summed E-state index contributed by atoms with van der Waals surface area (Å²) in [4.78, 5) is 1.54. The summed E-state index contributed by atoms with van der Waals surface area (Å²) >= 11 is 0. The maximum absolute atomic E-state index is 10.7. The molecule has 1 unspecified atom stereocenters. The smallest absolute Gasteiger partial charge is 0.356 e. The normalized spacial score (nSPS) is 16.1. The molecule has 160 valence electrons. The zero-order valence-corrected chi connectivity index (χ0v) is 17.6. The third-order valence-corrected chi connectivity index (χ3v) is 5.82. The average molecular weight is 413 g/mol. The van der Waals surface area contributed by atoms with Crippen LogP contribution in [0.15, 0.2) is 48.5 Å². The fraction of sp³-hybridized carbons (Fsp3) is 0.435. The third-order valence-electron chi connectivity index (χ3n) is 5.82. The molecule has 0 amide bonds. The number of aliphatic hydroxyl groups excluding tert-OH is 1. The molecule has 0 aliphatic carbocycles. The van der Waals surface area contributed by atoms with Gasteiger partial charge < -0.3 is 19.5 Å². The van der Waals surface area contributed by atoms with Crippen molar-refractivity contribution in [3.05, 3.63) is 54.1 Å². The highest BCUT2D eigenvalue weighted by Gasteiger charge is 2.24. The standard InChI is InChI=1S/C23H30N4O3/c1-18-6-2-5-9-22(18)30-17-19(28)16-27-21-8-4-3-7-20(21)26(23(27)24)11-10-25-12-14-29-15-13-25/h2-9,19,24,28H,10-17H2,1H3/p+2. The number of morpholine rings is 1. The van der Waals surface area contributed by atoms with Gasteiger partial charge in [0, 0.05) is 0 Å². The van der Waals surface area contributed by atoms with Crippen LogP contribution in [0.5, 0.6) is 5.75 Å². The quantitative estimate of drug-likeness (QED) is 0.461. The molecule has 1 aliphatic heterocycles. The highest BCUT2D eigenvalue weighted by atomic mass is 16.5. The second-order valence-corrected chi connectivity index (χ2v) is 7.95. The lowest BCUT2D eigenvalue weighted by Gasteiger charge is -2.23. The Hall–Kier alpha value is -2.61. The minimum absolute atomic E-state index is 0.217. The molecular weight excluding hydrogens is 380 g/mol. The number of ether oxygens (including phenoxy) is 2. The number of aliphatic hydroxyl groups is 1. The number of rotatable bonds is 8. The van der Waals surface area contributed by atoms with Gasteiger partial charge in [-0.3, -0.25) is 5.73 Å². The van der Waals surface area contributed by atoms with E-state index in [4.69, 9.17) is 15.2 Å². The third kappa shape index (κ3) is 4.59. The molecule has 3 aromatic rings. The molecule has 4 rings (SSSR count). The van der Waals surface area contributed by atoms with Crippen molar-refractivity contribution in [2.24, 2.45) is 0 Å². The summed E-state index contributed by atoms with van der Waals surface area (Å²) in [5, 5.41) is 10.7. The Labute approximate surface area is 177 Å². The van der Waals surface area contributed by atoms with E-state index in [1.807, 2.05) is 47.9 Å². The molecule has 1 atom stereocenters. The molecule has 2 heterocycles. The fourth-order valence-corrected chi connectivity index (χ4v) is 4.09. The van der Waals surface area contributed by atoms with Crippen LogP contribution in [0.2, 0.25) is 0 Å². The van der Waals surface area contributed by atoms with Crippen molar-refractivity contribution in [1.82, 2.24) is 4.57 Å². The largest absolute Gasteiger partial charge is 0.490 e. The Kier molecular flexibility index (Phi) is 6.52. The number of aryl methyl sites for hydroxylation is 1. The molecule has 1 fully saturated rings. The molecule has 1 aromatic heterocycles. The van der Waals surface area contributed by atoms with Crippen LogP contribution in [0.4, 0.5) is 5.95 Å². The molecular formula is C23H32N4O3+2. The van der Waals surface area contributed by atoms with E-state index in [1.165, 1.54) is 4.90 Å². The van der Waals surface area contributed by atoms with Crippen LogP contribution in [0.1, 0.15) is 5.56 Å². The first-order valence-corrected chi connectivity index (χ1v) is 10.7. The zero-order chi connectivity index (χ0) is 20.9. The van der Waals surface area contributed by atoms with Gasteiger partial charge in [-0.15, -0.1) is 0 Å². The van der Waals surface area contributed by atoms with Gasteiger partial charge in [0.1, 0.15) is 62.2 Å². The second kappa shape index (κ2) is 9.47. The Morgan fingerprint density at radius 3 is 2.70 bits per heavy atom. The SMILES string of the molecule is Cc1ccccc1OCC(O)C[n+]1c(N)n(CC[NH+]2CCOCC2)c2ccccc21. The predicted octanol–water partition coefficient (Wildman–Crippen LogP) is 0.174. The summed E-state index contributed by atoms with van der Waals surface area (Å²) in [5.74, 6) is 1.46. The Bertz CT molecular complexity index is 982. The van der Waals surface area contributed by atoms with Crippen molar-refractivity contribution in [1.29, 1.82) is 0 Å². The van der Waals surface area contributed by atoms with Crippen molar-refractivity contribution in [2.45, 2.75) is 26.1 Å². The summed E-state index contributed by atoms with van der Waals surface area (Å²) in [6.07, 6.45) is -0.666. The molecule has 0 bridgehead atoms. The number of nitrogens with two attached hydrogens (primary N) is 1. The van der Waals surface area contributed by atoms with Gasteiger partial charge in [-0.2, -0.15) is 0 Å². The number of hydrogen-bond donors (Lipinski definition) is 3. The van der Waals surface area contributed by atoms with Crippen LogP contribution in [-0.2, 0) is 17.8 Å². The second-order valence-electron chi connectivity index (χ2n) is 7.95. The maximum atomic E-state index is 10.7. The minimum atomic E-state index is -0.666. The maximum Gasteiger partial charge on any atom is 0.356 e. The summed E-state index contributed by atoms with van der Waals surface area (Å²) < 4.78 is 15.4. The van der Waals surface area contributed by atoms with Crippen LogP contribution < -0.4 is 19.9 Å². The summed E-state index contributed by atoms with van der Waals surface area (Å²) in [7, 11) is 0. The number of fused-ring (bicyclic) bond motifs is 1. The van der Waals surface area contributed by atoms with Gasteiger partial charge in [0.25, 0.3) is 0 Å². The summed E-state index contributed by atoms with van der Waals surface area (Å²) in [5.41, 5.74) is 9.73. The Morgan fingerprint density at radius 1 is 1.17 bits per heavy atom. The van der Waals surface area contributed by atoms with Crippen molar-refractivity contribution in [2.75, 3.05) is 45.2 Å². The number of benzene rings is 2. The van der Waals surface area contributed by atoms with Gasteiger partial charge in [-0.1, -0.05) is 30.3 Å². The average Bonchev–Trinajstić information content (AvgIpc) is 3.03. The first-order valence-electron chi connectivity index (χ1n) is 10.7. The molecule has 7 nitrogen and oxygen atoms in total. The number of nitrogens with one attached hydrogen (secondary N) is 1. The van der Waals surface area contributed by atoms with Gasteiger partial charge in [0.15, 0.2) is 0 Å². The van der Waals surface area contributed by atoms with Crippen molar-refractivity contribution >= 4 is 17.0 Å². The van der Waals surface area contributed by atoms with E-state index in [0.717, 1.165) is 61.7 Å². The molecule has 4 N–H and O–H groups in total. The lowest BCUT2D eigenvalue weighted by Crippen LogP contribution is -3.14. The van der Waals surface area contributed by atoms with Crippen molar-refractivity contribution < 1.29 is 24.0 Å². The number of para-hydroxylation sites is 3. The topological polar surface area (TPSA) is 78.0 Å². The number of hydrogen-bond acceptors (Lipinski definition) is 4. The molecule has 7 heteroatoms. The van der Waals surface area contributed by atoms with E-state index >= 15 is 0 Å². The number of aromatic nitrogens is 2. The lowest BCUT2D eigenvalue weighted by molar-refractivity contribution is -0.908. The van der Waals surface area contributed by atoms with Crippen molar-refractivity contribution in [3.8, 4) is 5.75 Å². The zero-order valence-electron chi connectivity index (χ0n) is 17.6.